The Morgan fingerprint density at radius 2 is 2.00 bits per heavy atom. The summed E-state index contributed by atoms with van der Waals surface area (Å²) >= 11 is 0. The Morgan fingerprint density at radius 3 is 2.67 bits per heavy atom. The number of carbonyl (C=O) groups excluding carboxylic acids is 1. The van der Waals surface area contributed by atoms with Crippen LogP contribution in [0, 0.1) is 25.7 Å². The number of aliphatic hydroxyl groups excluding tert-OH is 1. The van der Waals surface area contributed by atoms with Crippen LogP contribution in [0.5, 0.6) is 0 Å². The first-order chi connectivity index (χ1) is 10.1. The minimum absolute atomic E-state index is 0.223. The van der Waals surface area contributed by atoms with E-state index in [1.54, 1.807) is 12.3 Å². The van der Waals surface area contributed by atoms with Gasteiger partial charge in [0, 0.05) is 23.6 Å². The minimum Gasteiger partial charge on any atom is -0.384 e. The normalized spacial score (nSPS) is 9.67. The van der Waals surface area contributed by atoms with Crippen LogP contribution in [0.15, 0.2) is 36.7 Å². The maximum atomic E-state index is 12.3. The fraction of sp³-hybridized carbons (Fsp3) is 0.176. The van der Waals surface area contributed by atoms with E-state index >= 15 is 0 Å². The molecule has 0 spiro atoms. The lowest BCUT2D eigenvalue weighted by atomic mass is 10.1. The molecule has 0 atom stereocenters. The summed E-state index contributed by atoms with van der Waals surface area (Å²) in [6.45, 7) is 3.67. The predicted molar refractivity (Wildman–Crippen MR) is 82.1 cm³/mol. The van der Waals surface area contributed by atoms with Crippen molar-refractivity contribution >= 4 is 11.6 Å². The molecule has 2 aromatic rings. The van der Waals surface area contributed by atoms with E-state index in [1.807, 2.05) is 32.0 Å². The van der Waals surface area contributed by atoms with Crippen molar-refractivity contribution in [2.24, 2.45) is 0 Å². The first-order valence-corrected chi connectivity index (χ1v) is 6.54. The summed E-state index contributed by atoms with van der Waals surface area (Å²) in [4.78, 5) is 16.3. The molecule has 0 fully saturated rings. The maximum absolute atomic E-state index is 12.3. The van der Waals surface area contributed by atoms with Crippen molar-refractivity contribution < 1.29 is 9.90 Å². The third-order valence-corrected chi connectivity index (χ3v) is 3.03. The summed E-state index contributed by atoms with van der Waals surface area (Å²) < 4.78 is 0. The van der Waals surface area contributed by atoms with Gasteiger partial charge in [-0.3, -0.25) is 9.78 Å². The number of nitrogens with zero attached hydrogens (tertiary/aromatic N) is 1. The number of benzene rings is 1. The van der Waals surface area contributed by atoms with Crippen molar-refractivity contribution in [1.82, 2.24) is 4.98 Å². The number of rotatable bonds is 2. The molecular formula is C17H16N2O2. The van der Waals surface area contributed by atoms with Gasteiger partial charge >= 0.3 is 0 Å². The minimum atomic E-state index is -0.229. The Bertz CT molecular complexity index is 707. The Morgan fingerprint density at radius 1 is 1.29 bits per heavy atom. The van der Waals surface area contributed by atoms with E-state index in [1.165, 1.54) is 6.20 Å². The van der Waals surface area contributed by atoms with Crippen molar-refractivity contribution in [2.45, 2.75) is 13.8 Å². The molecule has 0 aliphatic heterocycles. The van der Waals surface area contributed by atoms with Gasteiger partial charge in [-0.15, -0.1) is 0 Å². The standard InChI is InChI=1S/C17H16N2O2/c1-12-5-3-6-13(2)16(12)19-17(21)15-9-14(7-4-8-20)10-18-11-15/h3,5-6,9-11,20H,8H2,1-2H3,(H,19,21). The maximum Gasteiger partial charge on any atom is 0.257 e. The van der Waals surface area contributed by atoms with Crippen LogP contribution in [-0.4, -0.2) is 22.6 Å². The van der Waals surface area contributed by atoms with Crippen molar-refractivity contribution in [2.75, 3.05) is 11.9 Å². The molecule has 0 unspecified atom stereocenters. The zero-order valence-corrected chi connectivity index (χ0v) is 12.0. The number of amides is 1. The Labute approximate surface area is 123 Å². The summed E-state index contributed by atoms with van der Waals surface area (Å²) in [5, 5.41) is 11.6. The molecule has 0 aliphatic carbocycles. The lowest BCUT2D eigenvalue weighted by molar-refractivity contribution is 0.102. The number of carbonyl (C=O) groups is 1. The van der Waals surface area contributed by atoms with Gasteiger partial charge in [-0.05, 0) is 31.0 Å². The predicted octanol–water partition coefficient (Wildman–Crippen LogP) is 2.29. The van der Waals surface area contributed by atoms with Crippen LogP contribution in [0.4, 0.5) is 5.69 Å². The van der Waals surface area contributed by atoms with Gasteiger partial charge in [0.2, 0.25) is 0 Å². The van der Waals surface area contributed by atoms with E-state index in [0.717, 1.165) is 16.8 Å². The quantitative estimate of drug-likeness (QED) is 0.830. The summed E-state index contributed by atoms with van der Waals surface area (Å²) in [5.41, 5.74) is 3.86. The molecule has 21 heavy (non-hydrogen) atoms. The van der Waals surface area contributed by atoms with Gasteiger partial charge in [-0.1, -0.05) is 30.0 Å². The van der Waals surface area contributed by atoms with Gasteiger partial charge in [0.25, 0.3) is 5.91 Å². The van der Waals surface area contributed by atoms with Gasteiger partial charge in [0.05, 0.1) is 5.56 Å². The molecule has 4 nitrogen and oxygen atoms in total. The molecule has 1 amide bonds. The second-order valence-corrected chi connectivity index (χ2v) is 4.64. The summed E-state index contributed by atoms with van der Waals surface area (Å²) in [5.74, 6) is 5.04. The lowest BCUT2D eigenvalue weighted by Gasteiger charge is -2.11. The summed E-state index contributed by atoms with van der Waals surface area (Å²) in [7, 11) is 0. The van der Waals surface area contributed by atoms with Crippen LogP contribution in [-0.2, 0) is 0 Å². The average molecular weight is 280 g/mol. The van der Waals surface area contributed by atoms with Crippen LogP contribution in [0.2, 0.25) is 0 Å². The SMILES string of the molecule is Cc1cccc(C)c1NC(=O)c1cncc(C#CCO)c1. The Hall–Kier alpha value is -2.64. The van der Waals surface area contributed by atoms with E-state index in [-0.39, 0.29) is 12.5 Å². The number of para-hydroxylation sites is 1. The van der Waals surface area contributed by atoms with Crippen LogP contribution in [0.1, 0.15) is 27.0 Å². The number of aryl methyl sites for hydroxylation is 2. The molecule has 0 radical (unpaired) electrons. The fourth-order valence-electron chi connectivity index (χ4n) is 1.97. The molecule has 0 bridgehead atoms. The monoisotopic (exact) mass is 280 g/mol. The second-order valence-electron chi connectivity index (χ2n) is 4.64. The lowest BCUT2D eigenvalue weighted by Crippen LogP contribution is -2.14. The van der Waals surface area contributed by atoms with Crippen LogP contribution >= 0.6 is 0 Å². The largest absolute Gasteiger partial charge is 0.384 e. The molecule has 0 saturated heterocycles. The third kappa shape index (κ3) is 3.68. The molecule has 0 aliphatic rings. The zero-order chi connectivity index (χ0) is 15.2. The highest BCUT2D eigenvalue weighted by Crippen LogP contribution is 2.20. The van der Waals surface area contributed by atoms with Gasteiger partial charge in [0.1, 0.15) is 6.61 Å². The number of nitrogens with one attached hydrogen (secondary N) is 1. The molecule has 1 aromatic carbocycles. The molecule has 2 N–H and O–H groups in total. The van der Waals surface area contributed by atoms with Crippen molar-refractivity contribution in [3.8, 4) is 11.8 Å². The summed E-state index contributed by atoms with van der Waals surface area (Å²) in [6.07, 6.45) is 3.05. The number of aliphatic hydroxyl groups is 1. The third-order valence-electron chi connectivity index (χ3n) is 3.03. The van der Waals surface area contributed by atoms with Gasteiger partial charge in [0.15, 0.2) is 0 Å². The second kappa shape index (κ2) is 6.69. The van der Waals surface area contributed by atoms with E-state index in [0.29, 0.717) is 11.1 Å². The molecule has 0 saturated carbocycles. The first-order valence-electron chi connectivity index (χ1n) is 6.54. The van der Waals surface area contributed by atoms with Crippen LogP contribution < -0.4 is 5.32 Å². The molecular weight excluding hydrogens is 264 g/mol. The molecule has 4 heteroatoms. The van der Waals surface area contributed by atoms with E-state index in [4.69, 9.17) is 5.11 Å². The van der Waals surface area contributed by atoms with Crippen molar-refractivity contribution in [3.05, 3.63) is 58.9 Å². The van der Waals surface area contributed by atoms with Crippen LogP contribution in [0.25, 0.3) is 0 Å². The number of hydrogen-bond donors (Lipinski definition) is 2. The Balaban J connectivity index is 2.25. The summed E-state index contributed by atoms with van der Waals surface area (Å²) in [6, 6.07) is 7.50. The number of aromatic nitrogens is 1. The topological polar surface area (TPSA) is 62.2 Å². The molecule has 1 aromatic heterocycles. The van der Waals surface area contributed by atoms with Gasteiger partial charge < -0.3 is 10.4 Å². The zero-order valence-electron chi connectivity index (χ0n) is 12.0. The van der Waals surface area contributed by atoms with Gasteiger partial charge in [-0.2, -0.15) is 0 Å². The highest BCUT2D eigenvalue weighted by atomic mass is 16.2. The fourth-order valence-corrected chi connectivity index (χ4v) is 1.97. The molecule has 106 valence electrons. The average Bonchev–Trinajstić information content (AvgIpc) is 2.49. The number of hydrogen-bond acceptors (Lipinski definition) is 3. The number of anilines is 1. The Kier molecular flexibility index (Phi) is 4.70. The number of pyridine rings is 1. The van der Waals surface area contributed by atoms with Gasteiger partial charge in [-0.25, -0.2) is 0 Å². The molecule has 2 rings (SSSR count). The van der Waals surface area contributed by atoms with E-state index < -0.39 is 0 Å². The van der Waals surface area contributed by atoms with E-state index in [9.17, 15) is 4.79 Å². The highest BCUT2D eigenvalue weighted by molar-refractivity contribution is 6.05. The highest BCUT2D eigenvalue weighted by Gasteiger charge is 2.10. The van der Waals surface area contributed by atoms with Crippen molar-refractivity contribution in [3.63, 3.8) is 0 Å². The first kappa shape index (κ1) is 14.8. The van der Waals surface area contributed by atoms with Crippen LogP contribution in [0.3, 0.4) is 0 Å². The smallest absolute Gasteiger partial charge is 0.257 e. The van der Waals surface area contributed by atoms with Crippen molar-refractivity contribution in [1.29, 1.82) is 0 Å². The van der Waals surface area contributed by atoms with E-state index in [2.05, 4.69) is 22.1 Å². The molecule has 1 heterocycles.